The third kappa shape index (κ3) is 5.72. The molecule has 1 aromatic heterocycles. The van der Waals surface area contributed by atoms with E-state index in [1.54, 1.807) is 62.4 Å². The molecular weight excluding hydrogens is 356 g/mol. The molecule has 0 saturated carbocycles. The number of carbonyl (C=O) groups excluding carboxylic acids is 2. The number of benzene rings is 1. The molecular formula is C18H21ClN4O3. The fourth-order valence-corrected chi connectivity index (χ4v) is 2.26. The van der Waals surface area contributed by atoms with Crippen LogP contribution < -0.4 is 15.4 Å². The zero-order valence-corrected chi connectivity index (χ0v) is 15.6. The normalized spacial score (nSPS) is 11.7. The lowest BCUT2D eigenvalue weighted by Crippen LogP contribution is -2.43. The molecule has 138 valence electrons. The highest BCUT2D eigenvalue weighted by Gasteiger charge is 2.20. The van der Waals surface area contributed by atoms with Crippen molar-refractivity contribution in [3.63, 3.8) is 0 Å². The first kappa shape index (κ1) is 19.7. The molecule has 2 aromatic rings. The molecule has 1 atom stereocenters. The number of nitrogens with one attached hydrogen (secondary N) is 2. The lowest BCUT2D eigenvalue weighted by molar-refractivity contribution is -0.122. The number of amides is 2. The number of aromatic nitrogens is 1. The average molecular weight is 377 g/mol. The minimum absolute atomic E-state index is 0.0554. The van der Waals surface area contributed by atoms with Gasteiger partial charge >= 0.3 is 0 Å². The third-order valence-corrected chi connectivity index (χ3v) is 3.99. The van der Waals surface area contributed by atoms with Crippen LogP contribution in [-0.2, 0) is 9.59 Å². The Kier molecular flexibility index (Phi) is 6.94. The summed E-state index contributed by atoms with van der Waals surface area (Å²) in [5.41, 5.74) is 0.630. The topological polar surface area (TPSA) is 83.6 Å². The Labute approximate surface area is 157 Å². The van der Waals surface area contributed by atoms with Crippen LogP contribution in [0, 0.1) is 0 Å². The Bertz CT molecular complexity index is 767. The summed E-state index contributed by atoms with van der Waals surface area (Å²) in [7, 11) is 3.26. The minimum atomic E-state index is -0.525. The molecule has 0 aliphatic rings. The van der Waals surface area contributed by atoms with E-state index >= 15 is 0 Å². The van der Waals surface area contributed by atoms with Gasteiger partial charge in [0.2, 0.25) is 11.8 Å². The average Bonchev–Trinajstić information content (AvgIpc) is 2.62. The molecule has 2 rings (SSSR count). The second-order valence-corrected chi connectivity index (χ2v) is 6.16. The van der Waals surface area contributed by atoms with E-state index in [4.69, 9.17) is 16.3 Å². The van der Waals surface area contributed by atoms with Crippen LogP contribution in [0.1, 0.15) is 6.92 Å². The molecule has 1 aromatic carbocycles. The van der Waals surface area contributed by atoms with Crippen LogP contribution in [-0.4, -0.2) is 48.4 Å². The molecule has 8 heteroatoms. The molecule has 1 heterocycles. The predicted octanol–water partition coefficient (Wildman–Crippen LogP) is 2.64. The Hall–Kier alpha value is -2.64. The Morgan fingerprint density at radius 1 is 1.27 bits per heavy atom. The quantitative estimate of drug-likeness (QED) is 0.776. The first-order valence-electron chi connectivity index (χ1n) is 7.95. The van der Waals surface area contributed by atoms with Crippen molar-refractivity contribution < 1.29 is 14.3 Å². The van der Waals surface area contributed by atoms with Gasteiger partial charge in [-0.15, -0.1) is 0 Å². The highest BCUT2D eigenvalue weighted by atomic mass is 35.5. The van der Waals surface area contributed by atoms with Crippen molar-refractivity contribution in [1.29, 1.82) is 0 Å². The maximum absolute atomic E-state index is 12.3. The van der Waals surface area contributed by atoms with Gasteiger partial charge in [-0.05, 0) is 38.2 Å². The summed E-state index contributed by atoms with van der Waals surface area (Å²) in [6, 6.07) is 9.79. The van der Waals surface area contributed by atoms with E-state index in [1.165, 1.54) is 6.20 Å². The summed E-state index contributed by atoms with van der Waals surface area (Å²) in [6.45, 7) is 1.77. The number of ether oxygens (including phenoxy) is 1. The van der Waals surface area contributed by atoms with Crippen LogP contribution in [0.5, 0.6) is 5.75 Å². The number of likely N-dealkylation sites (N-methyl/N-ethyl adjacent to an activating group) is 1. The van der Waals surface area contributed by atoms with Crippen molar-refractivity contribution in [2.75, 3.05) is 31.3 Å². The second-order valence-electron chi connectivity index (χ2n) is 5.72. The molecule has 0 spiro atoms. The van der Waals surface area contributed by atoms with Crippen LogP contribution >= 0.6 is 11.6 Å². The molecule has 0 radical (unpaired) electrons. The summed E-state index contributed by atoms with van der Waals surface area (Å²) >= 11 is 5.77. The van der Waals surface area contributed by atoms with Crippen LogP contribution in [0.4, 0.5) is 11.5 Å². The van der Waals surface area contributed by atoms with E-state index in [9.17, 15) is 9.59 Å². The van der Waals surface area contributed by atoms with E-state index in [1.807, 2.05) is 0 Å². The number of methoxy groups -OCH3 is 1. The van der Waals surface area contributed by atoms with Gasteiger partial charge in [0.1, 0.15) is 11.6 Å². The largest absolute Gasteiger partial charge is 0.497 e. The van der Waals surface area contributed by atoms with Gasteiger partial charge in [0.05, 0.1) is 24.7 Å². The molecule has 0 fully saturated rings. The number of hydrogen-bond acceptors (Lipinski definition) is 5. The number of halogens is 1. The lowest BCUT2D eigenvalue weighted by atomic mass is 10.2. The van der Waals surface area contributed by atoms with Crippen molar-refractivity contribution in [1.82, 2.24) is 9.88 Å². The third-order valence-electron chi connectivity index (χ3n) is 3.77. The molecule has 0 aliphatic carbocycles. The van der Waals surface area contributed by atoms with E-state index < -0.39 is 6.04 Å². The van der Waals surface area contributed by atoms with Gasteiger partial charge in [-0.3, -0.25) is 14.5 Å². The van der Waals surface area contributed by atoms with Gasteiger partial charge in [-0.2, -0.15) is 0 Å². The molecule has 1 unspecified atom stereocenters. The summed E-state index contributed by atoms with van der Waals surface area (Å²) < 4.78 is 5.12. The maximum atomic E-state index is 12.3. The molecule has 0 aliphatic heterocycles. The number of carbonyl (C=O) groups is 2. The molecule has 0 saturated heterocycles. The fourth-order valence-electron chi connectivity index (χ4n) is 2.15. The van der Waals surface area contributed by atoms with Crippen molar-refractivity contribution in [2.45, 2.75) is 13.0 Å². The van der Waals surface area contributed by atoms with Gasteiger partial charge < -0.3 is 15.4 Å². The van der Waals surface area contributed by atoms with Crippen LogP contribution in [0.25, 0.3) is 0 Å². The standard InChI is InChI=1S/C18H21ClN4O3/c1-12(18(25)22-16-8-7-13(19)10-20-16)23(2)11-17(24)21-14-5-4-6-15(9-14)26-3/h4-10,12H,11H2,1-3H3,(H,21,24)(H,20,22,25). The van der Waals surface area contributed by atoms with Crippen molar-refractivity contribution in [3.8, 4) is 5.75 Å². The highest BCUT2D eigenvalue weighted by Crippen LogP contribution is 2.16. The number of rotatable bonds is 7. The summed E-state index contributed by atoms with van der Waals surface area (Å²) in [5, 5.41) is 5.96. The number of pyridine rings is 1. The highest BCUT2D eigenvalue weighted by molar-refractivity contribution is 6.30. The SMILES string of the molecule is COc1cccc(NC(=O)CN(C)C(C)C(=O)Nc2ccc(Cl)cn2)c1. The first-order valence-corrected chi connectivity index (χ1v) is 8.33. The molecule has 7 nitrogen and oxygen atoms in total. The second kappa shape index (κ2) is 9.17. The van der Waals surface area contributed by atoms with Gasteiger partial charge in [-0.25, -0.2) is 4.98 Å². The first-order chi connectivity index (χ1) is 12.4. The van der Waals surface area contributed by atoms with Gasteiger partial charge in [0, 0.05) is 18.0 Å². The Morgan fingerprint density at radius 2 is 2.04 bits per heavy atom. The van der Waals surface area contributed by atoms with Crippen molar-refractivity contribution >= 4 is 34.9 Å². The van der Waals surface area contributed by atoms with Gasteiger partial charge in [-0.1, -0.05) is 17.7 Å². The molecule has 2 amide bonds. The summed E-state index contributed by atoms with van der Waals surface area (Å²) in [5.74, 6) is 0.557. The molecule has 2 N–H and O–H groups in total. The lowest BCUT2D eigenvalue weighted by Gasteiger charge is -2.23. The van der Waals surface area contributed by atoms with Crippen LogP contribution in [0.15, 0.2) is 42.6 Å². The monoisotopic (exact) mass is 376 g/mol. The summed E-state index contributed by atoms with van der Waals surface area (Å²) in [4.78, 5) is 30.1. The van der Waals surface area contributed by atoms with E-state index in [-0.39, 0.29) is 18.4 Å². The zero-order chi connectivity index (χ0) is 19.1. The fraction of sp³-hybridized carbons (Fsp3) is 0.278. The van der Waals surface area contributed by atoms with Crippen LogP contribution in [0.2, 0.25) is 5.02 Å². The number of anilines is 2. The van der Waals surface area contributed by atoms with Crippen LogP contribution in [0.3, 0.4) is 0 Å². The number of hydrogen-bond donors (Lipinski definition) is 2. The Morgan fingerprint density at radius 3 is 2.69 bits per heavy atom. The minimum Gasteiger partial charge on any atom is -0.497 e. The smallest absolute Gasteiger partial charge is 0.242 e. The van der Waals surface area contributed by atoms with E-state index in [0.29, 0.717) is 22.3 Å². The summed E-state index contributed by atoms with van der Waals surface area (Å²) in [6.07, 6.45) is 1.45. The van der Waals surface area contributed by atoms with Crippen molar-refractivity contribution in [2.24, 2.45) is 0 Å². The number of nitrogens with zero attached hydrogens (tertiary/aromatic N) is 2. The maximum Gasteiger partial charge on any atom is 0.242 e. The van der Waals surface area contributed by atoms with E-state index in [2.05, 4.69) is 15.6 Å². The Balaban J connectivity index is 1.88. The predicted molar refractivity (Wildman–Crippen MR) is 102 cm³/mol. The van der Waals surface area contributed by atoms with Gasteiger partial charge in [0.25, 0.3) is 0 Å². The van der Waals surface area contributed by atoms with E-state index in [0.717, 1.165) is 0 Å². The molecule has 26 heavy (non-hydrogen) atoms. The molecule has 0 bridgehead atoms. The van der Waals surface area contributed by atoms with Crippen molar-refractivity contribution in [3.05, 3.63) is 47.6 Å². The van der Waals surface area contributed by atoms with Gasteiger partial charge in [0.15, 0.2) is 0 Å². The zero-order valence-electron chi connectivity index (χ0n) is 14.8.